The highest BCUT2D eigenvalue weighted by atomic mass is 19.1. The Bertz CT molecular complexity index is 892. The summed E-state index contributed by atoms with van der Waals surface area (Å²) in [7, 11) is 0. The van der Waals surface area contributed by atoms with E-state index in [1.165, 1.54) is 24.5 Å². The molecular formula is C20H24FN3O3. The van der Waals surface area contributed by atoms with Crippen molar-refractivity contribution in [2.45, 2.75) is 39.8 Å². The standard InChI is InChI=1S/C20H24FN3O3/c1-4-13(3)24-11-16(19(26)22-5-2)18(25)17(12-24)20(27)23-10-14-7-6-8-15(21)9-14/h6-9,11-13H,4-5,10H2,1-3H3,(H,22,26)(H,23,27)/t13-/m0/s1. The lowest BCUT2D eigenvalue weighted by Gasteiger charge is -2.17. The van der Waals surface area contributed by atoms with E-state index in [9.17, 15) is 18.8 Å². The lowest BCUT2D eigenvalue weighted by Crippen LogP contribution is -2.35. The Morgan fingerprint density at radius 2 is 1.74 bits per heavy atom. The first-order chi connectivity index (χ1) is 12.9. The number of nitrogens with zero attached hydrogens (tertiary/aromatic N) is 1. The van der Waals surface area contributed by atoms with Gasteiger partial charge in [0.25, 0.3) is 11.8 Å². The zero-order valence-electron chi connectivity index (χ0n) is 15.7. The first-order valence-corrected chi connectivity index (χ1v) is 8.94. The van der Waals surface area contributed by atoms with Crippen LogP contribution < -0.4 is 16.1 Å². The first kappa shape index (κ1) is 20.4. The van der Waals surface area contributed by atoms with Gasteiger partial charge in [0, 0.05) is 31.5 Å². The zero-order chi connectivity index (χ0) is 20.0. The Hall–Kier alpha value is -2.96. The van der Waals surface area contributed by atoms with E-state index in [4.69, 9.17) is 0 Å². The number of pyridine rings is 1. The van der Waals surface area contributed by atoms with Gasteiger partial charge >= 0.3 is 0 Å². The zero-order valence-corrected chi connectivity index (χ0v) is 15.7. The van der Waals surface area contributed by atoms with Crippen LogP contribution in [0.15, 0.2) is 41.5 Å². The molecule has 144 valence electrons. The second kappa shape index (κ2) is 9.12. The van der Waals surface area contributed by atoms with Gasteiger partial charge in [0.15, 0.2) is 0 Å². The largest absolute Gasteiger partial charge is 0.352 e. The summed E-state index contributed by atoms with van der Waals surface area (Å²) in [6.07, 6.45) is 3.70. The molecule has 27 heavy (non-hydrogen) atoms. The third-order valence-electron chi connectivity index (χ3n) is 4.31. The molecule has 0 bridgehead atoms. The van der Waals surface area contributed by atoms with E-state index in [1.54, 1.807) is 23.6 Å². The van der Waals surface area contributed by atoms with Crippen LogP contribution in [-0.4, -0.2) is 22.9 Å². The number of rotatable bonds is 7. The molecule has 0 aliphatic rings. The maximum Gasteiger partial charge on any atom is 0.257 e. The predicted molar refractivity (Wildman–Crippen MR) is 101 cm³/mol. The third-order valence-corrected chi connectivity index (χ3v) is 4.31. The molecule has 0 unspecified atom stereocenters. The second-order valence-corrected chi connectivity index (χ2v) is 6.29. The molecule has 6 nitrogen and oxygen atoms in total. The maximum atomic E-state index is 13.3. The molecule has 2 rings (SSSR count). The van der Waals surface area contributed by atoms with Gasteiger partial charge in [-0.25, -0.2) is 4.39 Å². The molecule has 0 saturated carbocycles. The van der Waals surface area contributed by atoms with Crippen LogP contribution in [0.25, 0.3) is 0 Å². The van der Waals surface area contributed by atoms with Gasteiger partial charge in [0.1, 0.15) is 16.9 Å². The number of nitrogens with one attached hydrogen (secondary N) is 2. The minimum Gasteiger partial charge on any atom is -0.352 e. The Morgan fingerprint density at radius 3 is 2.30 bits per heavy atom. The number of halogens is 1. The van der Waals surface area contributed by atoms with Crippen molar-refractivity contribution >= 4 is 11.8 Å². The van der Waals surface area contributed by atoms with Crippen LogP contribution in [0.2, 0.25) is 0 Å². The number of amides is 2. The van der Waals surface area contributed by atoms with E-state index in [1.807, 2.05) is 13.8 Å². The Labute approximate surface area is 157 Å². The summed E-state index contributed by atoms with van der Waals surface area (Å²) in [5.74, 6) is -1.52. The number of aromatic nitrogens is 1. The van der Waals surface area contributed by atoms with E-state index in [-0.39, 0.29) is 23.7 Å². The van der Waals surface area contributed by atoms with E-state index >= 15 is 0 Å². The first-order valence-electron chi connectivity index (χ1n) is 8.94. The Kier molecular flexibility index (Phi) is 6.87. The molecule has 0 radical (unpaired) electrons. The summed E-state index contributed by atoms with van der Waals surface area (Å²) in [6, 6.07) is 5.84. The Balaban J connectivity index is 2.35. The molecule has 7 heteroatoms. The number of carbonyl (C=O) groups excluding carboxylic acids is 2. The number of carbonyl (C=O) groups is 2. The van der Waals surface area contributed by atoms with Gasteiger partial charge in [-0.2, -0.15) is 0 Å². The third kappa shape index (κ3) is 5.03. The molecule has 0 aliphatic carbocycles. The van der Waals surface area contributed by atoms with Crippen LogP contribution in [0.1, 0.15) is 59.5 Å². The van der Waals surface area contributed by atoms with Gasteiger partial charge < -0.3 is 15.2 Å². The number of hydrogen-bond acceptors (Lipinski definition) is 3. The highest BCUT2D eigenvalue weighted by molar-refractivity contribution is 5.99. The fraction of sp³-hybridized carbons (Fsp3) is 0.350. The lowest BCUT2D eigenvalue weighted by molar-refractivity contribution is 0.0948. The van der Waals surface area contributed by atoms with Crippen LogP contribution in [0, 0.1) is 5.82 Å². The van der Waals surface area contributed by atoms with Crippen molar-refractivity contribution in [1.82, 2.24) is 15.2 Å². The molecule has 1 heterocycles. The molecular weight excluding hydrogens is 349 g/mol. The normalized spacial score (nSPS) is 11.7. The van der Waals surface area contributed by atoms with Crippen molar-refractivity contribution in [3.05, 3.63) is 69.4 Å². The molecule has 1 aromatic carbocycles. The summed E-state index contributed by atoms with van der Waals surface area (Å²) in [5, 5.41) is 5.21. The number of hydrogen-bond donors (Lipinski definition) is 2. The van der Waals surface area contributed by atoms with Gasteiger partial charge in [0.2, 0.25) is 5.43 Å². The van der Waals surface area contributed by atoms with Crippen LogP contribution in [0.3, 0.4) is 0 Å². The molecule has 2 aromatic rings. The molecule has 2 N–H and O–H groups in total. The summed E-state index contributed by atoms with van der Waals surface area (Å²) >= 11 is 0. The van der Waals surface area contributed by atoms with Crippen LogP contribution in [0.4, 0.5) is 4.39 Å². The lowest BCUT2D eigenvalue weighted by atomic mass is 10.1. The van der Waals surface area contributed by atoms with Crippen LogP contribution in [0.5, 0.6) is 0 Å². The summed E-state index contributed by atoms with van der Waals surface area (Å²) < 4.78 is 15.0. The van der Waals surface area contributed by atoms with Gasteiger partial charge in [-0.1, -0.05) is 19.1 Å². The molecule has 1 aromatic heterocycles. The summed E-state index contributed by atoms with van der Waals surface area (Å²) in [5.41, 5.74) is -0.242. The van der Waals surface area contributed by atoms with Crippen molar-refractivity contribution in [3.8, 4) is 0 Å². The van der Waals surface area contributed by atoms with E-state index in [0.29, 0.717) is 12.1 Å². The van der Waals surface area contributed by atoms with Crippen LogP contribution >= 0.6 is 0 Å². The highest BCUT2D eigenvalue weighted by Crippen LogP contribution is 2.12. The van der Waals surface area contributed by atoms with Crippen molar-refractivity contribution in [2.24, 2.45) is 0 Å². The molecule has 2 amide bonds. The van der Waals surface area contributed by atoms with Crippen molar-refractivity contribution in [3.63, 3.8) is 0 Å². The molecule has 0 spiro atoms. The predicted octanol–water partition coefficient (Wildman–Crippen LogP) is 2.64. The average Bonchev–Trinajstić information content (AvgIpc) is 2.65. The van der Waals surface area contributed by atoms with Gasteiger partial charge in [0.05, 0.1) is 0 Å². The van der Waals surface area contributed by atoms with Crippen molar-refractivity contribution < 1.29 is 14.0 Å². The highest BCUT2D eigenvalue weighted by Gasteiger charge is 2.20. The fourth-order valence-corrected chi connectivity index (χ4v) is 2.57. The maximum absolute atomic E-state index is 13.3. The van der Waals surface area contributed by atoms with Gasteiger partial charge in [-0.15, -0.1) is 0 Å². The summed E-state index contributed by atoms with van der Waals surface area (Å²) in [4.78, 5) is 37.5. The smallest absolute Gasteiger partial charge is 0.257 e. The fourth-order valence-electron chi connectivity index (χ4n) is 2.57. The van der Waals surface area contributed by atoms with Crippen LogP contribution in [-0.2, 0) is 6.54 Å². The minimum absolute atomic E-state index is 0.00791. The molecule has 0 aliphatic heterocycles. The Morgan fingerprint density at radius 1 is 1.11 bits per heavy atom. The average molecular weight is 373 g/mol. The molecule has 0 fully saturated rings. The summed E-state index contributed by atoms with van der Waals surface area (Å²) in [6.45, 7) is 6.10. The van der Waals surface area contributed by atoms with E-state index in [0.717, 1.165) is 6.42 Å². The quantitative estimate of drug-likeness (QED) is 0.783. The molecule has 1 atom stereocenters. The number of benzene rings is 1. The molecule has 0 saturated heterocycles. The van der Waals surface area contributed by atoms with Gasteiger partial charge in [-0.05, 0) is 38.0 Å². The monoisotopic (exact) mass is 373 g/mol. The van der Waals surface area contributed by atoms with Gasteiger partial charge in [-0.3, -0.25) is 14.4 Å². The second-order valence-electron chi connectivity index (χ2n) is 6.29. The minimum atomic E-state index is -0.628. The van der Waals surface area contributed by atoms with Crippen molar-refractivity contribution in [1.29, 1.82) is 0 Å². The van der Waals surface area contributed by atoms with E-state index < -0.39 is 23.1 Å². The topological polar surface area (TPSA) is 80.2 Å². The van der Waals surface area contributed by atoms with E-state index in [2.05, 4.69) is 10.6 Å². The van der Waals surface area contributed by atoms with Crippen molar-refractivity contribution in [2.75, 3.05) is 6.54 Å². The SMILES string of the molecule is CCNC(=O)c1cn([C@@H](C)CC)cc(C(=O)NCc2cccc(F)c2)c1=O.